The van der Waals surface area contributed by atoms with Crippen molar-refractivity contribution in [3.63, 3.8) is 0 Å². The molecule has 4 N–H and O–H groups in total. The Morgan fingerprint density at radius 2 is 1.76 bits per heavy atom. The highest BCUT2D eigenvalue weighted by Crippen LogP contribution is 2.45. The molecule has 96 valence electrons. The zero-order valence-corrected chi connectivity index (χ0v) is 10.00. The minimum absolute atomic E-state index is 0.109. The van der Waals surface area contributed by atoms with Crippen molar-refractivity contribution < 1.29 is 14.7 Å². The molecule has 0 bridgehead atoms. The standard InChI is InChI=1S/C12H20N2O3/c13-12(3-1-2-4-12)7-9(15)14-8-11(5-6-11)10(16)17/h1-8,13H2,(H,14,15)(H,16,17). The molecule has 0 aliphatic heterocycles. The van der Waals surface area contributed by atoms with Crippen molar-refractivity contribution in [1.29, 1.82) is 0 Å². The van der Waals surface area contributed by atoms with Crippen LogP contribution in [-0.2, 0) is 9.59 Å². The van der Waals surface area contributed by atoms with Gasteiger partial charge < -0.3 is 16.2 Å². The molecule has 2 aliphatic carbocycles. The Labute approximate surface area is 101 Å². The highest BCUT2D eigenvalue weighted by atomic mass is 16.4. The fraction of sp³-hybridized carbons (Fsp3) is 0.833. The lowest BCUT2D eigenvalue weighted by atomic mass is 9.94. The van der Waals surface area contributed by atoms with Gasteiger partial charge in [0.1, 0.15) is 0 Å². The molecule has 2 aliphatic rings. The Hall–Kier alpha value is -1.10. The van der Waals surface area contributed by atoms with Crippen molar-refractivity contribution in [3.05, 3.63) is 0 Å². The molecule has 2 fully saturated rings. The van der Waals surface area contributed by atoms with Crippen molar-refractivity contribution in [3.8, 4) is 0 Å². The van der Waals surface area contributed by atoms with Crippen LogP contribution >= 0.6 is 0 Å². The number of hydrogen-bond acceptors (Lipinski definition) is 3. The lowest BCUT2D eigenvalue weighted by Crippen LogP contribution is -2.43. The van der Waals surface area contributed by atoms with Gasteiger partial charge in [-0.15, -0.1) is 0 Å². The molecular formula is C12H20N2O3. The van der Waals surface area contributed by atoms with Gasteiger partial charge in [-0.25, -0.2) is 0 Å². The quantitative estimate of drug-likeness (QED) is 0.657. The average Bonchev–Trinajstić information content (AvgIpc) is 2.94. The van der Waals surface area contributed by atoms with Crippen LogP contribution in [0.15, 0.2) is 0 Å². The molecule has 0 atom stereocenters. The summed E-state index contributed by atoms with van der Waals surface area (Å²) in [5, 5.41) is 11.7. The highest BCUT2D eigenvalue weighted by molar-refractivity contribution is 5.81. The van der Waals surface area contributed by atoms with Gasteiger partial charge in [-0.1, -0.05) is 12.8 Å². The summed E-state index contributed by atoms with van der Waals surface area (Å²) in [7, 11) is 0. The van der Waals surface area contributed by atoms with Crippen LogP contribution in [0, 0.1) is 5.41 Å². The number of nitrogens with one attached hydrogen (secondary N) is 1. The second-order valence-corrected chi connectivity index (χ2v) is 5.61. The van der Waals surface area contributed by atoms with E-state index in [9.17, 15) is 9.59 Å². The third-order valence-electron chi connectivity index (χ3n) is 4.04. The first-order valence-corrected chi connectivity index (χ1v) is 6.25. The Morgan fingerprint density at radius 3 is 2.24 bits per heavy atom. The maximum atomic E-state index is 11.7. The van der Waals surface area contributed by atoms with Crippen LogP contribution in [0.3, 0.4) is 0 Å². The summed E-state index contributed by atoms with van der Waals surface area (Å²) < 4.78 is 0. The summed E-state index contributed by atoms with van der Waals surface area (Å²) >= 11 is 0. The van der Waals surface area contributed by atoms with Gasteiger partial charge >= 0.3 is 5.97 Å². The Bertz CT molecular complexity index is 331. The highest BCUT2D eigenvalue weighted by Gasteiger charge is 2.50. The number of aliphatic carboxylic acids is 1. The summed E-state index contributed by atoms with van der Waals surface area (Å²) in [6.45, 7) is 0.247. The number of carboxylic acids is 1. The van der Waals surface area contributed by atoms with Crippen LogP contribution in [0.4, 0.5) is 0 Å². The molecule has 5 heteroatoms. The smallest absolute Gasteiger partial charge is 0.311 e. The Kier molecular flexibility index (Phi) is 3.12. The first-order chi connectivity index (χ1) is 7.96. The van der Waals surface area contributed by atoms with E-state index in [1.54, 1.807) is 0 Å². The monoisotopic (exact) mass is 240 g/mol. The Morgan fingerprint density at radius 1 is 1.18 bits per heavy atom. The third kappa shape index (κ3) is 2.77. The number of carbonyl (C=O) groups excluding carboxylic acids is 1. The predicted octanol–water partition coefficient (Wildman–Crippen LogP) is 0.629. The number of carboxylic acid groups (broad SMARTS) is 1. The van der Waals surface area contributed by atoms with Gasteiger partial charge in [-0.05, 0) is 25.7 Å². The zero-order valence-electron chi connectivity index (χ0n) is 10.00. The molecule has 17 heavy (non-hydrogen) atoms. The summed E-state index contributed by atoms with van der Waals surface area (Å²) in [4.78, 5) is 22.6. The summed E-state index contributed by atoms with van der Waals surface area (Å²) in [6.07, 6.45) is 5.61. The number of rotatable bonds is 5. The van der Waals surface area contributed by atoms with Gasteiger partial charge in [-0.3, -0.25) is 9.59 Å². The van der Waals surface area contributed by atoms with Crippen molar-refractivity contribution >= 4 is 11.9 Å². The molecule has 0 heterocycles. The van der Waals surface area contributed by atoms with Gasteiger partial charge in [0.25, 0.3) is 0 Å². The van der Waals surface area contributed by atoms with E-state index in [0.29, 0.717) is 19.3 Å². The molecular weight excluding hydrogens is 220 g/mol. The van der Waals surface area contributed by atoms with Crippen molar-refractivity contribution in [2.75, 3.05) is 6.54 Å². The normalized spacial score (nSPS) is 24.3. The molecule has 0 aromatic heterocycles. The Balaban J connectivity index is 1.76. The molecule has 2 rings (SSSR count). The van der Waals surface area contributed by atoms with Crippen LogP contribution in [-0.4, -0.2) is 29.1 Å². The lowest BCUT2D eigenvalue weighted by molar-refractivity contribution is -0.143. The topological polar surface area (TPSA) is 92.4 Å². The minimum Gasteiger partial charge on any atom is -0.481 e. The number of nitrogens with two attached hydrogens (primary N) is 1. The molecule has 0 saturated heterocycles. The van der Waals surface area contributed by atoms with E-state index in [1.165, 1.54) is 0 Å². The van der Waals surface area contributed by atoms with Crippen LogP contribution < -0.4 is 11.1 Å². The van der Waals surface area contributed by atoms with Crippen LogP contribution in [0.5, 0.6) is 0 Å². The average molecular weight is 240 g/mol. The second kappa shape index (κ2) is 4.29. The lowest BCUT2D eigenvalue weighted by Gasteiger charge is -2.23. The van der Waals surface area contributed by atoms with E-state index in [1.807, 2.05) is 0 Å². The van der Waals surface area contributed by atoms with Crippen LogP contribution in [0.1, 0.15) is 44.9 Å². The molecule has 5 nitrogen and oxygen atoms in total. The number of hydrogen-bond donors (Lipinski definition) is 3. The molecule has 0 unspecified atom stereocenters. The van der Waals surface area contributed by atoms with E-state index in [4.69, 9.17) is 10.8 Å². The van der Waals surface area contributed by atoms with E-state index >= 15 is 0 Å². The zero-order chi connectivity index (χ0) is 12.5. The largest absolute Gasteiger partial charge is 0.481 e. The van der Waals surface area contributed by atoms with E-state index in [-0.39, 0.29) is 18.0 Å². The van der Waals surface area contributed by atoms with E-state index < -0.39 is 11.4 Å². The second-order valence-electron chi connectivity index (χ2n) is 5.61. The maximum absolute atomic E-state index is 11.7. The van der Waals surface area contributed by atoms with Gasteiger partial charge in [0.05, 0.1) is 5.41 Å². The van der Waals surface area contributed by atoms with Crippen LogP contribution in [0.25, 0.3) is 0 Å². The molecule has 0 aromatic carbocycles. The number of amides is 1. The first kappa shape index (κ1) is 12.4. The summed E-state index contributed by atoms with van der Waals surface area (Å²) in [5.74, 6) is -0.914. The molecule has 0 radical (unpaired) electrons. The summed E-state index contributed by atoms with van der Waals surface area (Å²) in [5.41, 5.74) is 5.05. The fourth-order valence-corrected chi connectivity index (χ4v) is 2.52. The van der Waals surface area contributed by atoms with Gasteiger partial charge in [-0.2, -0.15) is 0 Å². The van der Waals surface area contributed by atoms with Crippen LogP contribution in [0.2, 0.25) is 0 Å². The van der Waals surface area contributed by atoms with E-state index in [2.05, 4.69) is 5.32 Å². The van der Waals surface area contributed by atoms with E-state index in [0.717, 1.165) is 25.7 Å². The summed E-state index contributed by atoms with van der Waals surface area (Å²) in [6, 6.07) is 0. The molecule has 1 amide bonds. The molecule has 0 aromatic rings. The van der Waals surface area contributed by atoms with Crippen molar-refractivity contribution in [1.82, 2.24) is 5.32 Å². The maximum Gasteiger partial charge on any atom is 0.311 e. The third-order valence-corrected chi connectivity index (χ3v) is 4.04. The molecule has 2 saturated carbocycles. The van der Waals surface area contributed by atoms with Gasteiger partial charge in [0, 0.05) is 18.5 Å². The van der Waals surface area contributed by atoms with Gasteiger partial charge in [0.15, 0.2) is 0 Å². The number of carbonyl (C=O) groups is 2. The van der Waals surface area contributed by atoms with Crippen molar-refractivity contribution in [2.45, 2.75) is 50.5 Å². The van der Waals surface area contributed by atoms with Gasteiger partial charge in [0.2, 0.25) is 5.91 Å². The first-order valence-electron chi connectivity index (χ1n) is 6.25. The SMILES string of the molecule is NC1(CC(=O)NCC2(C(=O)O)CC2)CCCC1. The predicted molar refractivity (Wildman–Crippen MR) is 62.3 cm³/mol. The van der Waals surface area contributed by atoms with Crippen molar-refractivity contribution in [2.24, 2.45) is 11.1 Å². The molecule has 0 spiro atoms. The fourth-order valence-electron chi connectivity index (χ4n) is 2.52. The minimum atomic E-state index is -0.805.